The molecule has 4 nitrogen and oxygen atoms in total. The van der Waals surface area contributed by atoms with E-state index in [1.807, 2.05) is 10.6 Å². The first-order chi connectivity index (χ1) is 12.3. The molecule has 4 rings (SSSR count). The molecule has 0 bridgehead atoms. The van der Waals surface area contributed by atoms with E-state index in [2.05, 4.69) is 28.0 Å². The fraction of sp³-hybridized carbons (Fsp3) is 0.619. The van der Waals surface area contributed by atoms with Crippen LogP contribution in [0.3, 0.4) is 0 Å². The highest BCUT2D eigenvalue weighted by molar-refractivity contribution is 5.69. The van der Waals surface area contributed by atoms with E-state index in [9.17, 15) is 4.79 Å². The van der Waals surface area contributed by atoms with Crippen molar-refractivity contribution in [2.45, 2.75) is 83.1 Å². The van der Waals surface area contributed by atoms with Crippen molar-refractivity contribution in [1.29, 1.82) is 0 Å². The Morgan fingerprint density at radius 1 is 1.04 bits per heavy atom. The van der Waals surface area contributed by atoms with Crippen LogP contribution in [-0.4, -0.2) is 16.3 Å². The molecule has 2 aliphatic rings. The van der Waals surface area contributed by atoms with Crippen LogP contribution in [-0.2, 0) is 0 Å². The molecule has 0 aliphatic heterocycles. The van der Waals surface area contributed by atoms with Gasteiger partial charge in [0.2, 0.25) is 5.82 Å². The zero-order chi connectivity index (χ0) is 17.2. The van der Waals surface area contributed by atoms with Crippen LogP contribution in [0.1, 0.15) is 87.5 Å². The van der Waals surface area contributed by atoms with Crippen LogP contribution in [0.2, 0.25) is 0 Å². The Hall–Kier alpha value is -1.55. The molecule has 0 spiro atoms. The van der Waals surface area contributed by atoms with Crippen molar-refractivity contribution in [1.82, 2.24) is 4.40 Å². The number of fused-ring (bicyclic) bond motifs is 1. The van der Waals surface area contributed by atoms with Gasteiger partial charge in [0.15, 0.2) is 5.69 Å². The highest BCUT2D eigenvalue weighted by atomic mass is 35.5. The monoisotopic (exact) mass is 375 g/mol. The summed E-state index contributed by atoms with van der Waals surface area (Å²) < 4.78 is 4.18. The summed E-state index contributed by atoms with van der Waals surface area (Å²) in [6.45, 7) is 1.70. The number of pyridine rings is 1. The fourth-order valence-corrected chi connectivity index (χ4v) is 4.82. The van der Waals surface area contributed by atoms with Gasteiger partial charge in [-0.2, -0.15) is 8.97 Å². The maximum atomic E-state index is 12.6. The van der Waals surface area contributed by atoms with Crippen LogP contribution >= 0.6 is 0 Å². The SMILES string of the molecule is CC(=O)[n+]1c(C2CCCCC2)c(NC2CCCCC2)n2ccccc21.[Cl-]. The van der Waals surface area contributed by atoms with E-state index in [1.54, 1.807) is 6.92 Å². The minimum atomic E-state index is 0. The molecule has 0 unspecified atom stereocenters. The van der Waals surface area contributed by atoms with Gasteiger partial charge in [0.05, 0.1) is 6.20 Å². The number of hydrogen-bond acceptors (Lipinski definition) is 2. The molecule has 0 saturated heterocycles. The minimum Gasteiger partial charge on any atom is -1.00 e. The summed E-state index contributed by atoms with van der Waals surface area (Å²) in [5, 5.41) is 3.85. The van der Waals surface area contributed by atoms with Crippen LogP contribution in [0.15, 0.2) is 24.4 Å². The largest absolute Gasteiger partial charge is 1.00 e. The first-order valence-corrected chi connectivity index (χ1v) is 10.1. The number of hydrogen-bond donors (Lipinski definition) is 1. The molecule has 2 heterocycles. The van der Waals surface area contributed by atoms with Crippen molar-refractivity contribution >= 4 is 17.4 Å². The number of rotatable bonds is 3. The minimum absolute atomic E-state index is 0. The summed E-state index contributed by atoms with van der Waals surface area (Å²) in [5.41, 5.74) is 2.22. The average Bonchev–Trinajstić information content (AvgIpc) is 2.98. The number of anilines is 1. The van der Waals surface area contributed by atoms with E-state index >= 15 is 0 Å². The van der Waals surface area contributed by atoms with Crippen LogP contribution in [0, 0.1) is 0 Å². The lowest BCUT2D eigenvalue weighted by Gasteiger charge is -2.24. The van der Waals surface area contributed by atoms with Gasteiger partial charge < -0.3 is 17.7 Å². The van der Waals surface area contributed by atoms with E-state index in [-0.39, 0.29) is 18.3 Å². The summed E-state index contributed by atoms with van der Waals surface area (Å²) in [4.78, 5) is 12.6. The van der Waals surface area contributed by atoms with Crippen molar-refractivity contribution in [3.05, 3.63) is 30.1 Å². The Bertz CT molecular complexity index is 758. The smallest absolute Gasteiger partial charge is 0.311 e. The molecular formula is C21H30ClN3O. The second-order valence-corrected chi connectivity index (χ2v) is 7.83. The third-order valence-corrected chi connectivity index (χ3v) is 6.04. The molecule has 0 amide bonds. The Labute approximate surface area is 162 Å². The molecule has 1 N–H and O–H groups in total. The molecule has 142 valence electrons. The topological polar surface area (TPSA) is 37.4 Å². The summed E-state index contributed by atoms with van der Waals surface area (Å²) in [6, 6.07) is 6.70. The molecule has 0 radical (unpaired) electrons. The predicted molar refractivity (Wildman–Crippen MR) is 100 cm³/mol. The lowest BCUT2D eigenvalue weighted by atomic mass is 9.86. The number of carbonyl (C=O) groups is 1. The van der Waals surface area contributed by atoms with E-state index in [0.29, 0.717) is 12.0 Å². The summed E-state index contributed by atoms with van der Waals surface area (Å²) in [6.07, 6.45) is 14.8. The van der Waals surface area contributed by atoms with Crippen molar-refractivity contribution in [3.8, 4) is 0 Å². The van der Waals surface area contributed by atoms with Crippen LogP contribution in [0.4, 0.5) is 5.82 Å². The molecule has 2 saturated carbocycles. The maximum Gasteiger partial charge on any atom is 0.311 e. The van der Waals surface area contributed by atoms with E-state index in [0.717, 1.165) is 5.65 Å². The van der Waals surface area contributed by atoms with E-state index in [1.165, 1.54) is 75.7 Å². The van der Waals surface area contributed by atoms with Gasteiger partial charge in [-0.3, -0.25) is 0 Å². The van der Waals surface area contributed by atoms with Gasteiger partial charge in [-0.05, 0) is 31.7 Å². The number of aromatic nitrogens is 2. The number of nitrogens with zero attached hydrogens (tertiary/aromatic N) is 2. The molecule has 5 heteroatoms. The Morgan fingerprint density at radius 3 is 2.35 bits per heavy atom. The predicted octanol–water partition coefficient (Wildman–Crippen LogP) is 1.68. The van der Waals surface area contributed by atoms with Crippen LogP contribution in [0.25, 0.3) is 5.65 Å². The highest BCUT2D eigenvalue weighted by Crippen LogP contribution is 2.36. The summed E-state index contributed by atoms with van der Waals surface area (Å²) >= 11 is 0. The van der Waals surface area contributed by atoms with Gasteiger partial charge in [-0.15, -0.1) is 0 Å². The quantitative estimate of drug-likeness (QED) is 0.829. The van der Waals surface area contributed by atoms with Gasteiger partial charge in [-0.1, -0.05) is 44.6 Å². The zero-order valence-electron chi connectivity index (χ0n) is 15.7. The number of imidazole rings is 1. The summed E-state index contributed by atoms with van der Waals surface area (Å²) in [7, 11) is 0. The maximum absolute atomic E-state index is 12.6. The van der Waals surface area contributed by atoms with Gasteiger partial charge in [0.1, 0.15) is 0 Å². The molecule has 2 aromatic heterocycles. The molecular weight excluding hydrogens is 346 g/mol. The third kappa shape index (κ3) is 3.62. The fourth-order valence-electron chi connectivity index (χ4n) is 4.82. The second kappa shape index (κ2) is 8.43. The van der Waals surface area contributed by atoms with Crippen molar-refractivity contribution in [2.75, 3.05) is 5.32 Å². The standard InChI is InChI=1S/C21H30N3O.ClH/c1-16(25)24-19-14-8-9-15-23(19)21(22-18-12-6-3-7-13-18)20(24)17-10-4-2-5-11-17;/h8-9,14-15,17-18,22H,2-7,10-13H2,1H3;1H/q+1;/p-1. The van der Waals surface area contributed by atoms with Gasteiger partial charge in [0, 0.05) is 24.9 Å². The first-order valence-electron chi connectivity index (χ1n) is 10.1. The van der Waals surface area contributed by atoms with Crippen molar-refractivity contribution < 1.29 is 21.8 Å². The second-order valence-electron chi connectivity index (χ2n) is 7.83. The lowest BCUT2D eigenvalue weighted by molar-refractivity contribution is -0.554. The normalized spacial score (nSPS) is 19.3. The summed E-state index contributed by atoms with van der Waals surface area (Å²) in [5.74, 6) is 1.79. The number of carbonyl (C=O) groups excluding carboxylic acids is 1. The first kappa shape index (κ1) is 19.2. The molecule has 2 aromatic rings. The third-order valence-electron chi connectivity index (χ3n) is 6.04. The Kier molecular flexibility index (Phi) is 6.23. The van der Waals surface area contributed by atoms with Gasteiger partial charge >= 0.3 is 5.91 Å². The zero-order valence-corrected chi connectivity index (χ0v) is 16.5. The van der Waals surface area contributed by atoms with E-state index < -0.39 is 0 Å². The van der Waals surface area contributed by atoms with Crippen LogP contribution < -0.4 is 22.3 Å². The van der Waals surface area contributed by atoms with Crippen molar-refractivity contribution in [3.63, 3.8) is 0 Å². The van der Waals surface area contributed by atoms with Crippen molar-refractivity contribution in [2.24, 2.45) is 0 Å². The van der Waals surface area contributed by atoms with E-state index in [4.69, 9.17) is 0 Å². The number of nitrogens with one attached hydrogen (secondary N) is 1. The van der Waals surface area contributed by atoms with Crippen LogP contribution in [0.5, 0.6) is 0 Å². The molecule has 26 heavy (non-hydrogen) atoms. The van der Waals surface area contributed by atoms with Gasteiger partial charge in [-0.25, -0.2) is 4.79 Å². The Morgan fingerprint density at radius 2 is 1.69 bits per heavy atom. The molecule has 2 fully saturated rings. The molecule has 0 aromatic carbocycles. The average molecular weight is 376 g/mol. The molecule has 0 atom stereocenters. The lowest BCUT2D eigenvalue weighted by Crippen LogP contribution is -3.00. The Balaban J connectivity index is 0.00000196. The number of halogens is 1. The molecule has 2 aliphatic carbocycles. The van der Waals surface area contributed by atoms with Gasteiger partial charge in [0.25, 0.3) is 5.65 Å². The highest BCUT2D eigenvalue weighted by Gasteiger charge is 2.35.